The molecule has 0 spiro atoms. The summed E-state index contributed by atoms with van der Waals surface area (Å²) in [4.78, 5) is 4.24. The van der Waals surface area contributed by atoms with Crippen LogP contribution >= 0.6 is 0 Å². The Balaban J connectivity index is 1.96. The molecule has 0 unspecified atom stereocenters. The van der Waals surface area contributed by atoms with Gasteiger partial charge in [0.15, 0.2) is 5.82 Å². The van der Waals surface area contributed by atoms with Gasteiger partial charge in [-0.1, -0.05) is 26.0 Å². The van der Waals surface area contributed by atoms with Crippen molar-refractivity contribution in [2.75, 3.05) is 0 Å². The number of hydrogen-bond donors (Lipinski definition) is 1. The molecule has 0 aliphatic rings. The molecule has 5 nitrogen and oxygen atoms in total. The van der Waals surface area contributed by atoms with Crippen molar-refractivity contribution in [2.45, 2.75) is 40.0 Å². The SMILES string of the molecule is CC(C)Cn1ncnc1COc1ccc([C@H](C)N)cc1. The molecule has 0 saturated carbocycles. The van der Waals surface area contributed by atoms with Gasteiger partial charge in [0.25, 0.3) is 0 Å². The Morgan fingerprint density at radius 1 is 1.20 bits per heavy atom. The first-order valence-electron chi connectivity index (χ1n) is 6.91. The van der Waals surface area contributed by atoms with Gasteiger partial charge in [0.1, 0.15) is 18.7 Å². The maximum Gasteiger partial charge on any atom is 0.164 e. The first kappa shape index (κ1) is 14.5. The van der Waals surface area contributed by atoms with Gasteiger partial charge in [0.2, 0.25) is 0 Å². The van der Waals surface area contributed by atoms with Gasteiger partial charge in [-0.25, -0.2) is 9.67 Å². The van der Waals surface area contributed by atoms with Crippen LogP contribution in [0.1, 0.15) is 38.2 Å². The summed E-state index contributed by atoms with van der Waals surface area (Å²) in [5.41, 5.74) is 6.92. The fraction of sp³-hybridized carbons (Fsp3) is 0.467. The minimum Gasteiger partial charge on any atom is -0.486 e. The van der Waals surface area contributed by atoms with Crippen molar-refractivity contribution in [3.8, 4) is 5.75 Å². The largest absolute Gasteiger partial charge is 0.486 e. The van der Waals surface area contributed by atoms with Crippen LogP contribution in [0.4, 0.5) is 0 Å². The van der Waals surface area contributed by atoms with Crippen molar-refractivity contribution >= 4 is 0 Å². The second kappa shape index (κ2) is 6.52. The fourth-order valence-corrected chi connectivity index (χ4v) is 1.91. The van der Waals surface area contributed by atoms with E-state index in [1.807, 2.05) is 35.9 Å². The van der Waals surface area contributed by atoms with Gasteiger partial charge < -0.3 is 10.5 Å². The quantitative estimate of drug-likeness (QED) is 0.879. The van der Waals surface area contributed by atoms with E-state index in [0.717, 1.165) is 23.7 Å². The standard InChI is InChI=1S/C15H22N4O/c1-11(2)8-19-15(17-10-18-19)9-20-14-6-4-13(5-7-14)12(3)16/h4-7,10-12H,8-9,16H2,1-3H3/t12-/m0/s1. The van der Waals surface area contributed by atoms with Crippen LogP contribution in [0.5, 0.6) is 5.75 Å². The highest BCUT2D eigenvalue weighted by Gasteiger charge is 2.07. The molecule has 1 aromatic heterocycles. The molecule has 2 N–H and O–H groups in total. The van der Waals surface area contributed by atoms with Crippen LogP contribution in [0.15, 0.2) is 30.6 Å². The molecule has 5 heteroatoms. The lowest BCUT2D eigenvalue weighted by Crippen LogP contribution is -2.12. The van der Waals surface area contributed by atoms with E-state index in [-0.39, 0.29) is 6.04 Å². The minimum atomic E-state index is 0.0400. The van der Waals surface area contributed by atoms with Crippen LogP contribution < -0.4 is 10.5 Å². The Labute approximate surface area is 119 Å². The summed E-state index contributed by atoms with van der Waals surface area (Å²) < 4.78 is 7.63. The van der Waals surface area contributed by atoms with Gasteiger partial charge in [0.05, 0.1) is 0 Å². The van der Waals surface area contributed by atoms with E-state index in [9.17, 15) is 0 Å². The molecule has 2 rings (SSSR count). The highest BCUT2D eigenvalue weighted by Crippen LogP contribution is 2.17. The number of benzene rings is 1. The van der Waals surface area contributed by atoms with Crippen molar-refractivity contribution in [1.29, 1.82) is 0 Å². The van der Waals surface area contributed by atoms with Crippen LogP contribution in [0.25, 0.3) is 0 Å². The third kappa shape index (κ3) is 3.81. The summed E-state index contributed by atoms with van der Waals surface area (Å²) in [5.74, 6) is 2.18. The van der Waals surface area contributed by atoms with Crippen LogP contribution in [-0.4, -0.2) is 14.8 Å². The molecule has 20 heavy (non-hydrogen) atoms. The summed E-state index contributed by atoms with van der Waals surface area (Å²) in [6.45, 7) is 7.54. The normalized spacial score (nSPS) is 12.7. The van der Waals surface area contributed by atoms with Gasteiger partial charge in [-0.2, -0.15) is 5.10 Å². The van der Waals surface area contributed by atoms with E-state index in [4.69, 9.17) is 10.5 Å². The molecule has 108 valence electrons. The molecule has 1 atom stereocenters. The van der Waals surface area contributed by atoms with E-state index in [1.165, 1.54) is 0 Å². The highest BCUT2D eigenvalue weighted by atomic mass is 16.5. The second-order valence-corrected chi connectivity index (χ2v) is 5.40. The molecule has 1 aromatic carbocycles. The summed E-state index contributed by atoms with van der Waals surface area (Å²) >= 11 is 0. The van der Waals surface area contributed by atoms with E-state index in [1.54, 1.807) is 6.33 Å². The molecule has 2 aromatic rings. The van der Waals surface area contributed by atoms with Crippen molar-refractivity contribution in [3.05, 3.63) is 42.0 Å². The third-order valence-corrected chi connectivity index (χ3v) is 3.01. The van der Waals surface area contributed by atoms with Crippen LogP contribution in [0, 0.1) is 5.92 Å². The molecule has 0 aliphatic carbocycles. The Hall–Kier alpha value is -1.88. The zero-order chi connectivity index (χ0) is 14.5. The fourth-order valence-electron chi connectivity index (χ4n) is 1.91. The van der Waals surface area contributed by atoms with E-state index in [2.05, 4.69) is 23.9 Å². The van der Waals surface area contributed by atoms with Crippen molar-refractivity contribution in [2.24, 2.45) is 11.7 Å². The average molecular weight is 274 g/mol. The van der Waals surface area contributed by atoms with Crippen molar-refractivity contribution in [1.82, 2.24) is 14.8 Å². The Morgan fingerprint density at radius 2 is 1.90 bits per heavy atom. The Kier molecular flexibility index (Phi) is 4.74. The summed E-state index contributed by atoms with van der Waals surface area (Å²) in [6, 6.07) is 7.87. The molecule has 0 saturated heterocycles. The highest BCUT2D eigenvalue weighted by molar-refractivity contribution is 5.28. The number of nitrogens with zero attached hydrogens (tertiary/aromatic N) is 3. The molecule has 0 aliphatic heterocycles. The van der Waals surface area contributed by atoms with Gasteiger partial charge in [-0.3, -0.25) is 0 Å². The maximum atomic E-state index is 5.82. The Bertz CT molecular complexity index is 531. The zero-order valence-electron chi connectivity index (χ0n) is 12.3. The average Bonchev–Trinajstić information content (AvgIpc) is 2.83. The molecule has 0 bridgehead atoms. The number of rotatable bonds is 6. The second-order valence-electron chi connectivity index (χ2n) is 5.40. The first-order chi connectivity index (χ1) is 9.56. The Morgan fingerprint density at radius 3 is 2.50 bits per heavy atom. The summed E-state index contributed by atoms with van der Waals surface area (Å²) in [5, 5.41) is 4.21. The lowest BCUT2D eigenvalue weighted by atomic mass is 10.1. The smallest absolute Gasteiger partial charge is 0.164 e. The maximum absolute atomic E-state index is 5.82. The van der Waals surface area contributed by atoms with Crippen molar-refractivity contribution in [3.63, 3.8) is 0 Å². The third-order valence-electron chi connectivity index (χ3n) is 3.01. The van der Waals surface area contributed by atoms with Gasteiger partial charge in [-0.05, 0) is 30.5 Å². The summed E-state index contributed by atoms with van der Waals surface area (Å²) in [7, 11) is 0. The van der Waals surface area contributed by atoms with Gasteiger partial charge >= 0.3 is 0 Å². The molecular weight excluding hydrogens is 252 g/mol. The minimum absolute atomic E-state index is 0.0400. The van der Waals surface area contributed by atoms with Gasteiger partial charge in [0, 0.05) is 12.6 Å². The van der Waals surface area contributed by atoms with Crippen LogP contribution in [0.3, 0.4) is 0 Å². The predicted octanol–water partition coefficient (Wildman–Crippen LogP) is 2.53. The van der Waals surface area contributed by atoms with E-state index < -0.39 is 0 Å². The topological polar surface area (TPSA) is 66.0 Å². The molecule has 1 heterocycles. The number of hydrogen-bond acceptors (Lipinski definition) is 4. The van der Waals surface area contributed by atoms with Crippen LogP contribution in [0.2, 0.25) is 0 Å². The van der Waals surface area contributed by atoms with Gasteiger partial charge in [-0.15, -0.1) is 0 Å². The summed E-state index contributed by atoms with van der Waals surface area (Å²) in [6.07, 6.45) is 1.57. The van der Waals surface area contributed by atoms with Crippen molar-refractivity contribution < 1.29 is 4.74 Å². The number of ether oxygens (including phenoxy) is 1. The van der Waals surface area contributed by atoms with Crippen LogP contribution in [-0.2, 0) is 13.2 Å². The lowest BCUT2D eigenvalue weighted by molar-refractivity contribution is 0.282. The van der Waals surface area contributed by atoms with E-state index >= 15 is 0 Å². The predicted molar refractivity (Wildman–Crippen MR) is 78.2 cm³/mol. The monoisotopic (exact) mass is 274 g/mol. The molecule has 0 radical (unpaired) electrons. The zero-order valence-corrected chi connectivity index (χ0v) is 12.3. The number of nitrogens with two attached hydrogens (primary N) is 1. The molecule has 0 fully saturated rings. The molecular formula is C15H22N4O. The molecule has 0 amide bonds. The first-order valence-corrected chi connectivity index (χ1v) is 6.91. The van der Waals surface area contributed by atoms with E-state index in [0.29, 0.717) is 12.5 Å². The lowest BCUT2D eigenvalue weighted by Gasteiger charge is -2.10. The number of aromatic nitrogens is 3.